The molecule has 2 saturated heterocycles. The third-order valence-corrected chi connectivity index (χ3v) is 7.19. The lowest BCUT2D eigenvalue weighted by molar-refractivity contribution is -0.125. The Bertz CT molecular complexity index is 753. The number of hydrogen-bond acceptors (Lipinski definition) is 6. The lowest BCUT2D eigenvalue weighted by Crippen LogP contribution is -2.42. The van der Waals surface area contributed by atoms with Crippen LogP contribution in [0.15, 0.2) is 18.3 Å². The number of carbonyl (C=O) groups excluding carboxylic acids is 1. The van der Waals surface area contributed by atoms with Gasteiger partial charge in [0.05, 0.1) is 0 Å². The molecule has 1 atom stereocenters. The lowest BCUT2D eigenvalue weighted by Gasteiger charge is -2.33. The zero-order chi connectivity index (χ0) is 19.3. The quantitative estimate of drug-likeness (QED) is 0.753. The highest BCUT2D eigenvalue weighted by Crippen LogP contribution is 2.30. The molecule has 2 fully saturated rings. The first-order valence-corrected chi connectivity index (χ1v) is 11.5. The first kappa shape index (κ1) is 19.6. The molecule has 2 aliphatic rings. The fraction of sp³-hybridized carbons (Fsp3) is 0.667. The number of fused-ring (bicyclic) bond motifs is 1. The van der Waals surface area contributed by atoms with Crippen molar-refractivity contribution in [3.8, 4) is 0 Å². The number of pyridine rings is 1. The second-order valence-electron chi connectivity index (χ2n) is 8.11. The van der Waals surface area contributed by atoms with Gasteiger partial charge >= 0.3 is 0 Å². The van der Waals surface area contributed by atoms with Crippen LogP contribution in [0.3, 0.4) is 0 Å². The summed E-state index contributed by atoms with van der Waals surface area (Å²) < 4.78 is 0. The number of nitrogens with zero attached hydrogens (tertiary/aromatic N) is 4. The number of piperidine rings is 2. The molecule has 1 N–H and O–H groups in total. The summed E-state index contributed by atoms with van der Waals surface area (Å²) in [6.45, 7) is 7.23. The number of hydrogen-bond donors (Lipinski definition) is 1. The van der Waals surface area contributed by atoms with Crippen molar-refractivity contribution in [2.24, 2.45) is 5.92 Å². The molecule has 0 unspecified atom stereocenters. The second kappa shape index (κ2) is 9.18. The molecule has 2 aromatic heterocycles. The summed E-state index contributed by atoms with van der Waals surface area (Å²) in [5.41, 5.74) is 0.963. The first-order chi connectivity index (χ1) is 13.7. The summed E-state index contributed by atoms with van der Waals surface area (Å²) in [7, 11) is 0. The Kier molecular flexibility index (Phi) is 6.42. The summed E-state index contributed by atoms with van der Waals surface area (Å²) in [4.78, 5) is 27.5. The van der Waals surface area contributed by atoms with Crippen molar-refractivity contribution >= 4 is 32.7 Å². The summed E-state index contributed by atoms with van der Waals surface area (Å²) in [5.74, 6) is 0.370. The number of anilines is 1. The Labute approximate surface area is 171 Å². The van der Waals surface area contributed by atoms with E-state index < -0.39 is 0 Å². The van der Waals surface area contributed by atoms with Crippen molar-refractivity contribution in [1.29, 1.82) is 0 Å². The molecule has 0 radical (unpaired) electrons. The molecular weight excluding hydrogens is 370 g/mol. The van der Waals surface area contributed by atoms with Crippen LogP contribution >= 0.6 is 11.3 Å². The van der Waals surface area contributed by atoms with Gasteiger partial charge in [-0.25, -0.2) is 9.97 Å². The van der Waals surface area contributed by atoms with Crippen LogP contribution in [-0.2, 0) is 4.79 Å². The molecule has 2 aliphatic heterocycles. The van der Waals surface area contributed by atoms with Crippen molar-refractivity contribution in [3.63, 3.8) is 0 Å². The molecule has 4 heterocycles. The molecule has 7 heteroatoms. The van der Waals surface area contributed by atoms with Crippen molar-refractivity contribution in [2.45, 2.75) is 51.5 Å². The number of aromatic nitrogens is 2. The number of rotatable bonds is 6. The van der Waals surface area contributed by atoms with E-state index in [4.69, 9.17) is 4.98 Å². The highest BCUT2D eigenvalue weighted by atomic mass is 32.1. The summed E-state index contributed by atoms with van der Waals surface area (Å²) in [6.07, 6.45) is 8.66. The molecule has 2 aromatic rings. The minimum Gasteiger partial charge on any atom is -0.356 e. The molecule has 4 rings (SSSR count). The molecule has 0 saturated carbocycles. The van der Waals surface area contributed by atoms with E-state index in [1.54, 1.807) is 11.3 Å². The zero-order valence-corrected chi connectivity index (χ0v) is 17.6. The predicted octanol–water partition coefficient (Wildman–Crippen LogP) is 3.29. The number of amides is 1. The summed E-state index contributed by atoms with van der Waals surface area (Å²) >= 11 is 1.64. The monoisotopic (exact) mass is 401 g/mol. The number of likely N-dealkylation sites (tertiary alicyclic amines) is 1. The van der Waals surface area contributed by atoms with E-state index in [-0.39, 0.29) is 11.8 Å². The van der Waals surface area contributed by atoms with E-state index in [0.717, 1.165) is 60.9 Å². The van der Waals surface area contributed by atoms with Crippen LogP contribution in [0, 0.1) is 5.92 Å². The van der Waals surface area contributed by atoms with Crippen LogP contribution in [0.1, 0.15) is 45.4 Å². The Morgan fingerprint density at radius 3 is 2.89 bits per heavy atom. The SMILES string of the molecule is C[C@@H]1CCCCN1CCCNC(=O)C1CCN(c2nc3cccnc3s2)CC1. The van der Waals surface area contributed by atoms with Crippen molar-refractivity contribution in [1.82, 2.24) is 20.2 Å². The van der Waals surface area contributed by atoms with Crippen LogP contribution in [0.5, 0.6) is 0 Å². The van der Waals surface area contributed by atoms with E-state index >= 15 is 0 Å². The van der Waals surface area contributed by atoms with Gasteiger partial charge in [-0.05, 0) is 57.7 Å². The molecule has 6 nitrogen and oxygen atoms in total. The highest BCUT2D eigenvalue weighted by molar-refractivity contribution is 7.21. The maximum atomic E-state index is 12.5. The van der Waals surface area contributed by atoms with E-state index in [2.05, 4.69) is 27.0 Å². The second-order valence-corrected chi connectivity index (χ2v) is 9.07. The lowest BCUT2D eigenvalue weighted by atomic mass is 9.96. The van der Waals surface area contributed by atoms with Gasteiger partial charge in [-0.3, -0.25) is 4.79 Å². The molecule has 28 heavy (non-hydrogen) atoms. The van der Waals surface area contributed by atoms with Gasteiger partial charge in [-0.1, -0.05) is 17.8 Å². The largest absolute Gasteiger partial charge is 0.356 e. The average molecular weight is 402 g/mol. The smallest absolute Gasteiger partial charge is 0.223 e. The Balaban J connectivity index is 1.18. The summed E-state index contributed by atoms with van der Waals surface area (Å²) in [6, 6.07) is 4.63. The Morgan fingerprint density at radius 2 is 2.11 bits per heavy atom. The Morgan fingerprint density at radius 1 is 1.25 bits per heavy atom. The molecule has 0 bridgehead atoms. The van der Waals surface area contributed by atoms with Crippen molar-refractivity contribution < 1.29 is 4.79 Å². The van der Waals surface area contributed by atoms with Gasteiger partial charge in [-0.15, -0.1) is 0 Å². The number of nitrogens with one attached hydrogen (secondary N) is 1. The van der Waals surface area contributed by atoms with E-state index in [1.165, 1.54) is 25.8 Å². The van der Waals surface area contributed by atoms with Gasteiger partial charge in [0.15, 0.2) is 5.13 Å². The first-order valence-electron chi connectivity index (χ1n) is 10.7. The van der Waals surface area contributed by atoms with E-state index in [1.807, 2.05) is 18.3 Å². The normalized spacial score (nSPS) is 21.9. The van der Waals surface area contributed by atoms with Gasteiger partial charge in [0.25, 0.3) is 0 Å². The fourth-order valence-electron chi connectivity index (χ4n) is 4.35. The fourth-order valence-corrected chi connectivity index (χ4v) is 5.31. The molecule has 1 amide bonds. The molecule has 0 spiro atoms. The molecule has 0 aliphatic carbocycles. The van der Waals surface area contributed by atoms with E-state index in [0.29, 0.717) is 6.04 Å². The van der Waals surface area contributed by atoms with Gasteiger partial charge < -0.3 is 15.1 Å². The maximum absolute atomic E-state index is 12.5. The van der Waals surface area contributed by atoms with Crippen molar-refractivity contribution in [2.75, 3.05) is 37.6 Å². The van der Waals surface area contributed by atoms with Gasteiger partial charge in [0, 0.05) is 44.3 Å². The van der Waals surface area contributed by atoms with Gasteiger partial charge in [0.2, 0.25) is 5.91 Å². The van der Waals surface area contributed by atoms with Crippen LogP contribution in [0.25, 0.3) is 10.3 Å². The van der Waals surface area contributed by atoms with Crippen LogP contribution in [0.2, 0.25) is 0 Å². The van der Waals surface area contributed by atoms with Crippen molar-refractivity contribution in [3.05, 3.63) is 18.3 Å². The molecule has 0 aromatic carbocycles. The van der Waals surface area contributed by atoms with Crippen LogP contribution < -0.4 is 10.2 Å². The van der Waals surface area contributed by atoms with Crippen LogP contribution in [0.4, 0.5) is 5.13 Å². The topological polar surface area (TPSA) is 61.4 Å². The molecule has 152 valence electrons. The minimum atomic E-state index is 0.137. The third-order valence-electron chi connectivity index (χ3n) is 6.15. The maximum Gasteiger partial charge on any atom is 0.223 e. The molecular formula is C21H31N5OS. The van der Waals surface area contributed by atoms with Gasteiger partial charge in [0.1, 0.15) is 10.3 Å². The third kappa shape index (κ3) is 4.63. The number of carbonyl (C=O) groups is 1. The standard InChI is InChI=1S/C21H31N5OS/c1-16-6-2-3-12-25(16)13-5-11-22-19(27)17-8-14-26(15-9-17)21-24-18-7-4-10-23-20(18)28-21/h4,7,10,16-17H,2-3,5-6,8-9,11-15H2,1H3,(H,22,27)/t16-/m1/s1. The minimum absolute atomic E-state index is 0.137. The number of thiazole rings is 1. The van der Waals surface area contributed by atoms with Crippen LogP contribution in [-0.4, -0.2) is 59.5 Å². The predicted molar refractivity (Wildman–Crippen MR) is 115 cm³/mol. The summed E-state index contributed by atoms with van der Waals surface area (Å²) in [5, 5.41) is 4.21. The van der Waals surface area contributed by atoms with Gasteiger partial charge in [-0.2, -0.15) is 0 Å². The van der Waals surface area contributed by atoms with E-state index in [9.17, 15) is 4.79 Å². The average Bonchev–Trinajstić information content (AvgIpc) is 3.17. The highest BCUT2D eigenvalue weighted by Gasteiger charge is 2.26. The zero-order valence-electron chi connectivity index (χ0n) is 16.8. The Hall–Kier alpha value is -1.73.